The zero-order chi connectivity index (χ0) is 12.5. The molecule has 0 radical (unpaired) electrons. The molecule has 94 valence electrons. The van der Waals surface area contributed by atoms with Gasteiger partial charge in [0, 0.05) is 12.3 Å². The Morgan fingerprint density at radius 3 is 2.83 bits per heavy atom. The minimum Gasteiger partial charge on any atom is -0.398 e. The molecule has 2 unspecified atom stereocenters. The van der Waals surface area contributed by atoms with Crippen molar-refractivity contribution in [3.63, 3.8) is 0 Å². The summed E-state index contributed by atoms with van der Waals surface area (Å²) in [5.74, 6) is 0.737. The summed E-state index contributed by atoms with van der Waals surface area (Å²) in [6.45, 7) is 0.838. The van der Waals surface area contributed by atoms with Crippen molar-refractivity contribution in [1.82, 2.24) is 0 Å². The maximum absolute atomic E-state index is 8.85. The quantitative estimate of drug-likeness (QED) is 0.798. The lowest BCUT2D eigenvalue weighted by molar-refractivity contribution is 0.0898. The number of nitrogens with one attached hydrogen (secondary N) is 1. The average Bonchev–Trinajstić information content (AvgIpc) is 3.11. The topological polar surface area (TPSA) is 71.1 Å². The first-order valence-corrected chi connectivity index (χ1v) is 6.45. The van der Waals surface area contributed by atoms with E-state index in [1.54, 1.807) is 6.07 Å². The smallest absolute Gasteiger partial charge is 0.101 e. The number of nitrogen functional groups attached to an aromatic ring is 1. The predicted octanol–water partition coefficient (Wildman–Crippen LogP) is 2.12. The fourth-order valence-electron chi connectivity index (χ4n) is 2.62. The highest BCUT2D eigenvalue weighted by Gasteiger charge is 2.40. The van der Waals surface area contributed by atoms with Crippen LogP contribution in [0, 0.1) is 17.2 Å². The molecule has 3 N–H and O–H groups in total. The summed E-state index contributed by atoms with van der Waals surface area (Å²) in [4.78, 5) is 0. The van der Waals surface area contributed by atoms with Crippen LogP contribution in [0.25, 0.3) is 0 Å². The van der Waals surface area contributed by atoms with Gasteiger partial charge in [0.15, 0.2) is 0 Å². The van der Waals surface area contributed by atoms with Crippen LogP contribution in [0.3, 0.4) is 0 Å². The lowest BCUT2D eigenvalue weighted by atomic mass is 10.1. The molecule has 0 aromatic heterocycles. The molecular weight excluding hydrogens is 226 g/mol. The van der Waals surface area contributed by atoms with Gasteiger partial charge in [-0.25, -0.2) is 0 Å². The maximum Gasteiger partial charge on any atom is 0.101 e. The highest BCUT2D eigenvalue weighted by atomic mass is 16.5. The third-order valence-corrected chi connectivity index (χ3v) is 3.75. The number of nitrogens with two attached hydrogens (primary N) is 1. The zero-order valence-corrected chi connectivity index (χ0v) is 10.2. The van der Waals surface area contributed by atoms with Crippen molar-refractivity contribution in [2.24, 2.45) is 5.92 Å². The Morgan fingerprint density at radius 2 is 2.17 bits per heavy atom. The van der Waals surface area contributed by atoms with Crippen molar-refractivity contribution >= 4 is 11.4 Å². The average molecular weight is 243 g/mol. The minimum absolute atomic E-state index is 0.349. The molecule has 1 aliphatic heterocycles. The second-order valence-electron chi connectivity index (χ2n) is 5.13. The number of benzene rings is 1. The molecule has 2 aliphatic rings. The highest BCUT2D eigenvalue weighted by molar-refractivity contribution is 5.63. The second-order valence-corrected chi connectivity index (χ2v) is 5.13. The van der Waals surface area contributed by atoms with E-state index < -0.39 is 0 Å². The molecule has 0 bridgehead atoms. The van der Waals surface area contributed by atoms with Gasteiger partial charge < -0.3 is 15.8 Å². The molecule has 1 heterocycles. The Balaban J connectivity index is 1.72. The van der Waals surface area contributed by atoms with Gasteiger partial charge in [0.25, 0.3) is 0 Å². The Kier molecular flexibility index (Phi) is 2.85. The molecule has 18 heavy (non-hydrogen) atoms. The molecule has 1 saturated heterocycles. The molecule has 1 aromatic carbocycles. The largest absolute Gasteiger partial charge is 0.398 e. The number of hydrogen-bond donors (Lipinski definition) is 2. The SMILES string of the molecule is N#Cc1ccc(NC2CCOC2C2CC2)cc1N. The molecule has 0 amide bonds. The molecule has 4 heteroatoms. The van der Waals surface area contributed by atoms with Crippen molar-refractivity contribution < 1.29 is 4.74 Å². The maximum atomic E-state index is 8.85. The van der Waals surface area contributed by atoms with Crippen LogP contribution >= 0.6 is 0 Å². The highest BCUT2D eigenvalue weighted by Crippen LogP contribution is 2.39. The monoisotopic (exact) mass is 243 g/mol. The summed E-state index contributed by atoms with van der Waals surface area (Å²) >= 11 is 0. The lowest BCUT2D eigenvalue weighted by Crippen LogP contribution is -2.30. The van der Waals surface area contributed by atoms with E-state index >= 15 is 0 Å². The van der Waals surface area contributed by atoms with Crippen molar-refractivity contribution in [3.05, 3.63) is 23.8 Å². The number of ether oxygens (including phenoxy) is 1. The van der Waals surface area contributed by atoms with Gasteiger partial charge in [0.2, 0.25) is 0 Å². The summed E-state index contributed by atoms with van der Waals surface area (Å²) in [6.07, 6.45) is 3.97. The fraction of sp³-hybridized carbons (Fsp3) is 0.500. The number of hydrogen-bond acceptors (Lipinski definition) is 4. The molecule has 1 saturated carbocycles. The van der Waals surface area contributed by atoms with Crippen LogP contribution in [-0.2, 0) is 4.74 Å². The Morgan fingerprint density at radius 1 is 1.33 bits per heavy atom. The normalized spacial score (nSPS) is 26.8. The minimum atomic E-state index is 0.349. The third kappa shape index (κ3) is 2.14. The van der Waals surface area contributed by atoms with Gasteiger partial charge >= 0.3 is 0 Å². The summed E-state index contributed by atoms with van der Waals surface area (Å²) in [5, 5.41) is 12.3. The van der Waals surface area contributed by atoms with Crippen LogP contribution in [0.1, 0.15) is 24.8 Å². The Hall–Kier alpha value is -1.73. The predicted molar refractivity (Wildman–Crippen MR) is 70.1 cm³/mol. The lowest BCUT2D eigenvalue weighted by Gasteiger charge is -2.20. The van der Waals surface area contributed by atoms with Crippen molar-refractivity contribution in [1.29, 1.82) is 5.26 Å². The Labute approximate surface area is 107 Å². The van der Waals surface area contributed by atoms with Gasteiger partial charge in [-0.1, -0.05) is 0 Å². The molecule has 2 atom stereocenters. The van der Waals surface area contributed by atoms with Gasteiger partial charge in [-0.2, -0.15) is 5.26 Å². The van der Waals surface area contributed by atoms with E-state index in [9.17, 15) is 0 Å². The van der Waals surface area contributed by atoms with Crippen molar-refractivity contribution in [2.45, 2.75) is 31.4 Å². The first-order chi connectivity index (χ1) is 8.78. The first-order valence-electron chi connectivity index (χ1n) is 6.45. The molecule has 4 nitrogen and oxygen atoms in total. The number of anilines is 2. The molecule has 1 aromatic rings. The second kappa shape index (κ2) is 4.51. The molecule has 3 rings (SSSR count). The van der Waals surface area contributed by atoms with E-state index in [1.165, 1.54) is 12.8 Å². The van der Waals surface area contributed by atoms with Gasteiger partial charge in [-0.15, -0.1) is 0 Å². The van der Waals surface area contributed by atoms with Crippen LogP contribution in [0.4, 0.5) is 11.4 Å². The third-order valence-electron chi connectivity index (χ3n) is 3.75. The number of nitrogens with zero attached hydrogens (tertiary/aromatic N) is 1. The van der Waals surface area contributed by atoms with Gasteiger partial charge in [-0.05, 0) is 43.4 Å². The zero-order valence-electron chi connectivity index (χ0n) is 10.2. The number of rotatable bonds is 3. The summed E-state index contributed by atoms with van der Waals surface area (Å²) in [5.41, 5.74) is 7.86. The summed E-state index contributed by atoms with van der Waals surface area (Å²) < 4.78 is 5.79. The van der Waals surface area contributed by atoms with E-state index in [1.807, 2.05) is 12.1 Å². The standard InChI is InChI=1S/C14H17N3O/c15-8-10-3-4-11(7-12(10)16)17-13-5-6-18-14(13)9-1-2-9/h3-4,7,9,13-14,17H,1-2,5-6,16H2. The first kappa shape index (κ1) is 11.4. The van der Waals surface area contributed by atoms with Crippen molar-refractivity contribution in [3.8, 4) is 6.07 Å². The van der Waals surface area contributed by atoms with Crippen LogP contribution in [0.2, 0.25) is 0 Å². The fourth-order valence-corrected chi connectivity index (χ4v) is 2.62. The number of nitriles is 1. The van der Waals surface area contributed by atoms with E-state index in [-0.39, 0.29) is 0 Å². The van der Waals surface area contributed by atoms with Crippen LogP contribution < -0.4 is 11.1 Å². The van der Waals surface area contributed by atoms with E-state index in [0.29, 0.717) is 23.4 Å². The molecule has 0 spiro atoms. The summed E-state index contributed by atoms with van der Waals surface area (Å²) in [6, 6.07) is 7.97. The van der Waals surface area contributed by atoms with Gasteiger partial charge in [0.05, 0.1) is 23.4 Å². The van der Waals surface area contributed by atoms with E-state index in [0.717, 1.165) is 24.6 Å². The van der Waals surface area contributed by atoms with Crippen molar-refractivity contribution in [2.75, 3.05) is 17.7 Å². The van der Waals surface area contributed by atoms with Crippen LogP contribution in [0.5, 0.6) is 0 Å². The van der Waals surface area contributed by atoms with E-state index in [2.05, 4.69) is 11.4 Å². The van der Waals surface area contributed by atoms with E-state index in [4.69, 9.17) is 15.7 Å². The summed E-state index contributed by atoms with van der Waals surface area (Å²) in [7, 11) is 0. The Bertz CT molecular complexity index is 490. The van der Waals surface area contributed by atoms with Gasteiger partial charge in [0.1, 0.15) is 6.07 Å². The molecule has 2 fully saturated rings. The molecule has 1 aliphatic carbocycles. The van der Waals surface area contributed by atoms with Gasteiger partial charge in [-0.3, -0.25) is 0 Å². The molecular formula is C14H17N3O. The van der Waals surface area contributed by atoms with Crippen LogP contribution in [-0.4, -0.2) is 18.8 Å². The van der Waals surface area contributed by atoms with Crippen LogP contribution in [0.15, 0.2) is 18.2 Å².